The van der Waals surface area contributed by atoms with Gasteiger partial charge in [0.2, 0.25) is 10.0 Å². The number of carboxylic acid groups (broad SMARTS) is 1. The summed E-state index contributed by atoms with van der Waals surface area (Å²) in [5.74, 6) is -1.12. The summed E-state index contributed by atoms with van der Waals surface area (Å²) in [5.41, 5.74) is 0. The minimum Gasteiger partial charge on any atom is -0.480 e. The summed E-state index contributed by atoms with van der Waals surface area (Å²) in [6, 6.07) is -1.13. The van der Waals surface area contributed by atoms with E-state index in [1.807, 2.05) is 13.8 Å². The topological polar surface area (TPSA) is 112 Å². The average molecular weight is 261 g/mol. The monoisotopic (exact) mass is 261 g/mol. The van der Waals surface area contributed by atoms with Gasteiger partial charge >= 0.3 is 5.97 Å². The van der Waals surface area contributed by atoms with E-state index in [-0.39, 0.29) is 17.2 Å². The van der Waals surface area contributed by atoms with Crippen LogP contribution in [-0.4, -0.2) is 35.7 Å². The Bertz CT molecular complexity index is 466. The fourth-order valence-corrected chi connectivity index (χ4v) is 2.42. The quantitative estimate of drug-likeness (QED) is 0.676. The number of aromatic nitrogens is 2. The van der Waals surface area contributed by atoms with E-state index in [9.17, 15) is 13.2 Å². The Balaban J connectivity index is 2.84. The molecule has 3 N–H and O–H groups in total. The van der Waals surface area contributed by atoms with Crippen molar-refractivity contribution < 1.29 is 18.3 Å². The van der Waals surface area contributed by atoms with Gasteiger partial charge in [0.25, 0.3) is 0 Å². The molecule has 0 amide bonds. The lowest BCUT2D eigenvalue weighted by Crippen LogP contribution is -2.41. The van der Waals surface area contributed by atoms with Crippen molar-refractivity contribution in [2.24, 2.45) is 5.92 Å². The molecule has 1 aromatic heterocycles. The highest BCUT2D eigenvalue weighted by Gasteiger charge is 2.26. The number of nitrogens with one attached hydrogen (secondary N) is 2. The van der Waals surface area contributed by atoms with Gasteiger partial charge in [-0.05, 0) is 12.3 Å². The molecule has 7 nitrogen and oxygen atoms in total. The summed E-state index contributed by atoms with van der Waals surface area (Å²) in [5, 5.41) is 14.8. The lowest BCUT2D eigenvalue weighted by molar-refractivity contribution is -0.139. The normalized spacial score (nSPS) is 13.8. The maximum Gasteiger partial charge on any atom is 0.321 e. The van der Waals surface area contributed by atoms with Crippen LogP contribution in [0, 0.1) is 5.92 Å². The Morgan fingerprint density at radius 2 is 2.24 bits per heavy atom. The number of aliphatic carboxylic acids is 1. The molecule has 17 heavy (non-hydrogen) atoms. The zero-order valence-electron chi connectivity index (χ0n) is 9.54. The molecular formula is C9H15N3O4S. The van der Waals surface area contributed by atoms with E-state index in [0.29, 0.717) is 0 Å². The first-order valence-corrected chi connectivity index (χ1v) is 6.55. The number of H-pyrrole nitrogens is 1. The van der Waals surface area contributed by atoms with Crippen LogP contribution in [0.25, 0.3) is 0 Å². The van der Waals surface area contributed by atoms with Crippen molar-refractivity contribution in [3.8, 4) is 0 Å². The van der Waals surface area contributed by atoms with Gasteiger partial charge in [0.05, 0.1) is 6.20 Å². The number of nitrogens with zero attached hydrogens (tertiary/aromatic N) is 1. The van der Waals surface area contributed by atoms with E-state index >= 15 is 0 Å². The number of carboxylic acids is 1. The van der Waals surface area contributed by atoms with Crippen LogP contribution >= 0.6 is 0 Å². The molecule has 1 heterocycles. The molecule has 1 rings (SSSR count). The molecule has 0 fully saturated rings. The second-order valence-electron chi connectivity index (χ2n) is 4.08. The van der Waals surface area contributed by atoms with E-state index in [4.69, 9.17) is 5.11 Å². The van der Waals surface area contributed by atoms with Crippen LogP contribution < -0.4 is 4.72 Å². The first-order chi connectivity index (χ1) is 7.83. The fourth-order valence-electron chi connectivity index (χ4n) is 1.31. The molecule has 0 unspecified atom stereocenters. The summed E-state index contributed by atoms with van der Waals surface area (Å²) in [4.78, 5) is 10.9. The Morgan fingerprint density at radius 1 is 1.59 bits per heavy atom. The molecule has 1 atom stereocenters. The summed E-state index contributed by atoms with van der Waals surface area (Å²) in [7, 11) is -3.83. The van der Waals surface area contributed by atoms with Crippen molar-refractivity contribution in [3.05, 3.63) is 12.4 Å². The molecule has 0 spiro atoms. The number of rotatable bonds is 6. The lowest BCUT2D eigenvalue weighted by atomic mass is 10.1. The highest BCUT2D eigenvalue weighted by Crippen LogP contribution is 2.10. The van der Waals surface area contributed by atoms with E-state index in [2.05, 4.69) is 14.9 Å². The number of hydrogen-bond acceptors (Lipinski definition) is 4. The van der Waals surface area contributed by atoms with Gasteiger partial charge < -0.3 is 5.11 Å². The van der Waals surface area contributed by atoms with Gasteiger partial charge in [-0.15, -0.1) is 0 Å². The Labute approximate surface area is 99.3 Å². The standard InChI is InChI=1S/C9H15N3O4S/c1-6(2)3-8(9(13)14)12-17(15,16)7-4-10-11-5-7/h4-6,8,12H,3H2,1-2H3,(H,10,11)(H,13,14)/t8-/m0/s1. The third kappa shape index (κ3) is 3.82. The minimum absolute atomic E-state index is 0.0724. The SMILES string of the molecule is CC(C)C[C@H](NS(=O)(=O)c1cn[nH]c1)C(=O)O. The maximum absolute atomic E-state index is 11.8. The Kier molecular flexibility index (Phi) is 4.24. The molecule has 0 bridgehead atoms. The van der Waals surface area contributed by atoms with E-state index < -0.39 is 22.0 Å². The average Bonchev–Trinajstić information content (AvgIpc) is 2.68. The van der Waals surface area contributed by atoms with Gasteiger partial charge in [-0.25, -0.2) is 8.42 Å². The van der Waals surface area contributed by atoms with Crippen LogP contribution in [0.4, 0.5) is 0 Å². The first-order valence-electron chi connectivity index (χ1n) is 5.07. The molecule has 96 valence electrons. The predicted molar refractivity (Wildman–Crippen MR) is 59.8 cm³/mol. The van der Waals surface area contributed by atoms with Crippen LogP contribution in [0.2, 0.25) is 0 Å². The molecule has 0 saturated heterocycles. The van der Waals surface area contributed by atoms with Gasteiger partial charge in [0.15, 0.2) is 0 Å². The third-order valence-corrected chi connectivity index (χ3v) is 3.52. The zero-order chi connectivity index (χ0) is 13.1. The molecule has 0 aliphatic heterocycles. The second kappa shape index (κ2) is 5.28. The van der Waals surface area contributed by atoms with Crippen molar-refractivity contribution in [3.63, 3.8) is 0 Å². The third-order valence-electron chi connectivity index (χ3n) is 2.09. The first kappa shape index (κ1) is 13.7. The molecule has 0 aliphatic carbocycles. The van der Waals surface area contributed by atoms with Crippen LogP contribution in [0.5, 0.6) is 0 Å². The predicted octanol–water partition coefficient (Wildman–Crippen LogP) is 0.187. The summed E-state index contributed by atoms with van der Waals surface area (Å²) >= 11 is 0. The van der Waals surface area contributed by atoms with Crippen LogP contribution in [-0.2, 0) is 14.8 Å². The molecule has 1 aromatic rings. The van der Waals surface area contributed by atoms with Gasteiger partial charge in [-0.1, -0.05) is 13.8 Å². The minimum atomic E-state index is -3.83. The molecule has 0 radical (unpaired) electrons. The van der Waals surface area contributed by atoms with E-state index in [1.54, 1.807) is 0 Å². The van der Waals surface area contributed by atoms with Gasteiger partial charge in [-0.3, -0.25) is 9.89 Å². The molecule has 0 aliphatic rings. The molecule has 0 saturated carbocycles. The molecular weight excluding hydrogens is 246 g/mol. The van der Waals surface area contributed by atoms with E-state index in [0.717, 1.165) is 6.20 Å². The lowest BCUT2D eigenvalue weighted by Gasteiger charge is -2.15. The highest BCUT2D eigenvalue weighted by atomic mass is 32.2. The summed E-state index contributed by atoms with van der Waals surface area (Å²) in [6.45, 7) is 3.64. The van der Waals surface area contributed by atoms with Gasteiger partial charge in [0, 0.05) is 6.20 Å². The number of aromatic amines is 1. The van der Waals surface area contributed by atoms with Crippen molar-refractivity contribution in [1.82, 2.24) is 14.9 Å². The van der Waals surface area contributed by atoms with Crippen LogP contribution in [0.1, 0.15) is 20.3 Å². The zero-order valence-corrected chi connectivity index (χ0v) is 10.4. The van der Waals surface area contributed by atoms with Gasteiger partial charge in [-0.2, -0.15) is 9.82 Å². The van der Waals surface area contributed by atoms with Crippen molar-refractivity contribution in [1.29, 1.82) is 0 Å². The highest BCUT2D eigenvalue weighted by molar-refractivity contribution is 7.89. The summed E-state index contributed by atoms with van der Waals surface area (Å²) in [6.07, 6.45) is 2.54. The molecule has 0 aromatic carbocycles. The smallest absolute Gasteiger partial charge is 0.321 e. The Morgan fingerprint density at radius 3 is 2.65 bits per heavy atom. The maximum atomic E-state index is 11.8. The van der Waals surface area contributed by atoms with Crippen molar-refractivity contribution in [2.45, 2.75) is 31.2 Å². The Hall–Kier alpha value is -1.41. The van der Waals surface area contributed by atoms with Crippen LogP contribution in [0.15, 0.2) is 17.3 Å². The number of carbonyl (C=O) groups is 1. The van der Waals surface area contributed by atoms with E-state index in [1.165, 1.54) is 6.20 Å². The van der Waals surface area contributed by atoms with Gasteiger partial charge in [0.1, 0.15) is 10.9 Å². The second-order valence-corrected chi connectivity index (χ2v) is 5.79. The number of sulfonamides is 1. The molecule has 8 heteroatoms. The van der Waals surface area contributed by atoms with Crippen molar-refractivity contribution in [2.75, 3.05) is 0 Å². The fraction of sp³-hybridized carbons (Fsp3) is 0.556. The summed E-state index contributed by atoms with van der Waals surface area (Å²) < 4.78 is 25.6. The number of hydrogen-bond donors (Lipinski definition) is 3. The largest absolute Gasteiger partial charge is 0.480 e. The van der Waals surface area contributed by atoms with Crippen LogP contribution in [0.3, 0.4) is 0 Å². The van der Waals surface area contributed by atoms with Crippen molar-refractivity contribution >= 4 is 16.0 Å².